The number of aromatic nitrogens is 2. The van der Waals surface area contributed by atoms with Gasteiger partial charge in [-0.05, 0) is 38.5 Å². The second-order valence-corrected chi connectivity index (χ2v) is 6.27. The molecule has 2 unspecified atom stereocenters. The van der Waals surface area contributed by atoms with Gasteiger partial charge in [0.2, 0.25) is 0 Å². The molecule has 0 saturated carbocycles. The Bertz CT molecular complexity index is 460. The Morgan fingerprint density at radius 1 is 1.40 bits per heavy atom. The molecule has 2 atom stereocenters. The van der Waals surface area contributed by atoms with Gasteiger partial charge in [-0.2, -0.15) is 5.10 Å². The highest BCUT2D eigenvalue weighted by Gasteiger charge is 2.41. The van der Waals surface area contributed by atoms with Crippen LogP contribution in [0.1, 0.15) is 43.0 Å². The van der Waals surface area contributed by atoms with Gasteiger partial charge in [-0.3, -0.25) is 4.68 Å². The van der Waals surface area contributed by atoms with E-state index in [-0.39, 0.29) is 11.6 Å². The Hall–Kier alpha value is -0.910. The van der Waals surface area contributed by atoms with E-state index in [1.165, 1.54) is 5.56 Å². The molecule has 2 fully saturated rings. The fourth-order valence-corrected chi connectivity index (χ4v) is 3.66. The number of nitrogens with two attached hydrogens (primary N) is 1. The fourth-order valence-electron chi connectivity index (χ4n) is 3.66. The van der Waals surface area contributed by atoms with Crippen molar-refractivity contribution in [3.63, 3.8) is 0 Å². The predicted molar refractivity (Wildman–Crippen MR) is 76.3 cm³/mol. The van der Waals surface area contributed by atoms with Crippen molar-refractivity contribution < 1.29 is 9.47 Å². The van der Waals surface area contributed by atoms with Gasteiger partial charge < -0.3 is 15.2 Å². The highest BCUT2D eigenvalue weighted by atomic mass is 16.5. The van der Waals surface area contributed by atoms with Crippen molar-refractivity contribution in [3.05, 3.63) is 17.5 Å². The van der Waals surface area contributed by atoms with Crippen LogP contribution in [0.25, 0.3) is 0 Å². The lowest BCUT2D eigenvalue weighted by Gasteiger charge is -2.44. The first-order valence-corrected chi connectivity index (χ1v) is 7.57. The van der Waals surface area contributed by atoms with E-state index >= 15 is 0 Å². The molecule has 2 aliphatic rings. The van der Waals surface area contributed by atoms with Gasteiger partial charge in [0.05, 0.1) is 11.3 Å². The molecule has 0 bridgehead atoms. The molecule has 0 radical (unpaired) electrons. The third kappa shape index (κ3) is 2.62. The van der Waals surface area contributed by atoms with Crippen molar-refractivity contribution in [1.82, 2.24) is 9.78 Å². The quantitative estimate of drug-likeness (QED) is 0.895. The second kappa shape index (κ2) is 5.47. The molecular weight excluding hydrogens is 254 g/mol. The highest BCUT2D eigenvalue weighted by Crippen LogP contribution is 2.41. The maximum Gasteiger partial charge on any atom is 0.0729 e. The molecule has 2 N–H and O–H groups in total. The van der Waals surface area contributed by atoms with E-state index in [0.29, 0.717) is 5.92 Å². The fraction of sp³-hybridized carbons (Fsp3) is 0.800. The van der Waals surface area contributed by atoms with Crippen molar-refractivity contribution >= 4 is 0 Å². The van der Waals surface area contributed by atoms with Crippen LogP contribution in [0.4, 0.5) is 0 Å². The van der Waals surface area contributed by atoms with Crippen LogP contribution in [0.15, 0.2) is 6.20 Å². The van der Waals surface area contributed by atoms with E-state index in [2.05, 4.69) is 11.3 Å². The Kier molecular flexibility index (Phi) is 3.84. The average molecular weight is 279 g/mol. The average Bonchev–Trinajstić information content (AvgIpc) is 2.78. The summed E-state index contributed by atoms with van der Waals surface area (Å²) in [5.41, 5.74) is 8.77. The van der Waals surface area contributed by atoms with E-state index in [0.717, 1.165) is 51.2 Å². The van der Waals surface area contributed by atoms with E-state index in [1.54, 1.807) is 0 Å². The Labute approximate surface area is 120 Å². The first-order chi connectivity index (χ1) is 9.60. The Morgan fingerprint density at radius 3 is 2.80 bits per heavy atom. The maximum absolute atomic E-state index is 6.53. The Morgan fingerprint density at radius 2 is 2.15 bits per heavy atom. The van der Waals surface area contributed by atoms with Crippen LogP contribution in [-0.4, -0.2) is 35.2 Å². The monoisotopic (exact) mass is 279 g/mol. The number of rotatable bonds is 2. The van der Waals surface area contributed by atoms with Gasteiger partial charge in [-0.1, -0.05) is 0 Å². The molecule has 112 valence electrons. The van der Waals surface area contributed by atoms with Crippen LogP contribution in [0.5, 0.6) is 0 Å². The van der Waals surface area contributed by atoms with Gasteiger partial charge in [-0.25, -0.2) is 0 Å². The second-order valence-electron chi connectivity index (χ2n) is 6.27. The van der Waals surface area contributed by atoms with Gasteiger partial charge in [0.25, 0.3) is 0 Å². The van der Waals surface area contributed by atoms with Crippen molar-refractivity contribution in [2.45, 2.75) is 44.2 Å². The summed E-state index contributed by atoms with van der Waals surface area (Å²) in [7, 11) is 1.95. The lowest BCUT2D eigenvalue weighted by Crippen LogP contribution is -2.46. The molecule has 5 heteroatoms. The third-order valence-electron chi connectivity index (χ3n) is 4.85. The lowest BCUT2D eigenvalue weighted by atomic mass is 9.76. The molecule has 1 aromatic rings. The first-order valence-electron chi connectivity index (χ1n) is 7.57. The number of ether oxygens (including phenoxy) is 2. The summed E-state index contributed by atoms with van der Waals surface area (Å²) in [6.07, 6.45) is 6.15. The van der Waals surface area contributed by atoms with Crippen LogP contribution in [0, 0.1) is 12.8 Å². The van der Waals surface area contributed by atoms with E-state index in [1.807, 2.05) is 18.7 Å². The molecule has 0 aliphatic carbocycles. The summed E-state index contributed by atoms with van der Waals surface area (Å²) < 4.78 is 13.4. The minimum atomic E-state index is 0.00883. The van der Waals surface area contributed by atoms with Crippen molar-refractivity contribution in [3.8, 4) is 0 Å². The van der Waals surface area contributed by atoms with Crippen molar-refractivity contribution in [2.75, 3.05) is 19.8 Å². The molecule has 2 aliphatic heterocycles. The van der Waals surface area contributed by atoms with Crippen molar-refractivity contribution in [1.29, 1.82) is 0 Å². The van der Waals surface area contributed by atoms with E-state index in [9.17, 15) is 0 Å². The molecule has 0 aromatic carbocycles. The Balaban J connectivity index is 1.74. The minimum absolute atomic E-state index is 0.00883. The zero-order chi connectivity index (χ0) is 14.2. The molecule has 1 aromatic heterocycles. The molecule has 5 nitrogen and oxygen atoms in total. The molecular formula is C15H25N3O2. The highest BCUT2D eigenvalue weighted by molar-refractivity contribution is 5.21. The van der Waals surface area contributed by atoms with Gasteiger partial charge in [0, 0.05) is 44.7 Å². The van der Waals surface area contributed by atoms with Crippen LogP contribution in [0.3, 0.4) is 0 Å². The standard InChI is InChI=1S/C15H25N3O2/c1-11-13(10-18(2)17-11)14(16)12-3-6-20-15(9-12)4-7-19-8-5-15/h10,12,14H,3-9,16H2,1-2H3. The van der Waals surface area contributed by atoms with Gasteiger partial charge >= 0.3 is 0 Å². The molecule has 20 heavy (non-hydrogen) atoms. The summed E-state index contributed by atoms with van der Waals surface area (Å²) >= 11 is 0. The number of aryl methyl sites for hydroxylation is 2. The smallest absolute Gasteiger partial charge is 0.0729 e. The summed E-state index contributed by atoms with van der Waals surface area (Å²) in [4.78, 5) is 0. The summed E-state index contributed by atoms with van der Waals surface area (Å²) in [6.45, 7) is 4.48. The van der Waals surface area contributed by atoms with E-state index in [4.69, 9.17) is 15.2 Å². The van der Waals surface area contributed by atoms with Crippen LogP contribution in [0.2, 0.25) is 0 Å². The van der Waals surface area contributed by atoms with Gasteiger partial charge in [0.1, 0.15) is 0 Å². The normalized spacial score (nSPS) is 27.6. The zero-order valence-corrected chi connectivity index (χ0v) is 12.5. The SMILES string of the molecule is Cc1nn(C)cc1C(N)C1CCOC2(CCOCC2)C1. The van der Waals surface area contributed by atoms with Crippen LogP contribution in [-0.2, 0) is 16.5 Å². The molecule has 3 heterocycles. The molecule has 3 rings (SSSR count). The zero-order valence-electron chi connectivity index (χ0n) is 12.5. The summed E-state index contributed by atoms with van der Waals surface area (Å²) in [5, 5.41) is 4.42. The number of hydrogen-bond donors (Lipinski definition) is 1. The summed E-state index contributed by atoms with van der Waals surface area (Å²) in [6, 6.07) is 0.0623. The third-order valence-corrected chi connectivity index (χ3v) is 4.85. The van der Waals surface area contributed by atoms with Gasteiger partial charge in [-0.15, -0.1) is 0 Å². The molecule has 1 spiro atoms. The van der Waals surface area contributed by atoms with Crippen LogP contribution < -0.4 is 5.73 Å². The molecule has 0 amide bonds. The van der Waals surface area contributed by atoms with Gasteiger partial charge in [0.15, 0.2) is 0 Å². The van der Waals surface area contributed by atoms with E-state index < -0.39 is 0 Å². The topological polar surface area (TPSA) is 62.3 Å². The lowest BCUT2D eigenvalue weighted by molar-refractivity contribution is -0.149. The number of hydrogen-bond acceptors (Lipinski definition) is 4. The first kappa shape index (κ1) is 14.0. The maximum atomic E-state index is 6.53. The number of nitrogens with zero attached hydrogens (tertiary/aromatic N) is 2. The molecule has 2 saturated heterocycles. The largest absolute Gasteiger partial charge is 0.381 e. The summed E-state index contributed by atoms with van der Waals surface area (Å²) in [5.74, 6) is 0.477. The van der Waals surface area contributed by atoms with Crippen molar-refractivity contribution in [2.24, 2.45) is 18.7 Å². The minimum Gasteiger partial charge on any atom is -0.381 e. The predicted octanol–water partition coefficient (Wildman–Crippen LogP) is 1.70. The van der Waals surface area contributed by atoms with Crippen LogP contribution >= 0.6 is 0 Å².